The molecule has 10 heteroatoms. The monoisotopic (exact) mass is 488 g/mol. The van der Waals surface area contributed by atoms with Crippen molar-refractivity contribution in [3.8, 4) is 11.5 Å². The van der Waals surface area contributed by atoms with Gasteiger partial charge in [-0.1, -0.05) is 11.6 Å². The smallest absolute Gasteiger partial charge is 0.224 e. The number of carbonyl (C=O) groups excluding carboxylic acids is 1. The van der Waals surface area contributed by atoms with Crippen molar-refractivity contribution >= 4 is 34.1 Å². The van der Waals surface area contributed by atoms with Crippen LogP contribution in [0.25, 0.3) is 10.9 Å². The third-order valence-electron chi connectivity index (χ3n) is 5.60. The van der Waals surface area contributed by atoms with Crippen LogP contribution in [0.3, 0.4) is 0 Å². The predicted octanol–water partition coefficient (Wildman–Crippen LogP) is 4.28. The fourth-order valence-electron chi connectivity index (χ4n) is 3.75. The summed E-state index contributed by atoms with van der Waals surface area (Å²) >= 11 is 5.84. The lowest BCUT2D eigenvalue weighted by Crippen LogP contribution is -2.42. The van der Waals surface area contributed by atoms with Gasteiger partial charge in [0.1, 0.15) is 18.2 Å². The lowest BCUT2D eigenvalue weighted by Gasteiger charge is -2.32. The van der Waals surface area contributed by atoms with E-state index in [0.717, 1.165) is 10.9 Å². The predicted molar refractivity (Wildman–Crippen MR) is 127 cm³/mol. The number of likely N-dealkylation sites (tertiary alicyclic amines) is 1. The molecule has 1 amide bonds. The molecule has 1 aliphatic heterocycles. The van der Waals surface area contributed by atoms with E-state index in [0.29, 0.717) is 56.1 Å². The van der Waals surface area contributed by atoms with Crippen molar-refractivity contribution in [2.24, 2.45) is 0 Å². The molecule has 1 aromatic heterocycles. The third kappa shape index (κ3) is 6.03. The molecule has 0 unspecified atom stereocenters. The highest BCUT2D eigenvalue weighted by atomic mass is 35.5. The topological polar surface area (TPSA) is 85.8 Å². The maximum absolute atomic E-state index is 13.4. The van der Waals surface area contributed by atoms with E-state index in [-0.39, 0.29) is 23.8 Å². The number of amides is 1. The second-order valence-electron chi connectivity index (χ2n) is 7.92. The average Bonchev–Trinajstić information content (AvgIpc) is 2.85. The maximum Gasteiger partial charge on any atom is 0.224 e. The summed E-state index contributed by atoms with van der Waals surface area (Å²) < 4.78 is 30.6. The number of ether oxygens (including phenoxy) is 3. The Morgan fingerprint density at radius 3 is 2.82 bits per heavy atom. The van der Waals surface area contributed by atoms with Crippen LogP contribution in [0, 0.1) is 5.82 Å². The summed E-state index contributed by atoms with van der Waals surface area (Å²) in [6.07, 6.45) is 4.95. The van der Waals surface area contributed by atoms with E-state index >= 15 is 0 Å². The van der Waals surface area contributed by atoms with Crippen LogP contribution in [0.1, 0.15) is 19.3 Å². The molecule has 0 aliphatic carbocycles. The van der Waals surface area contributed by atoms with E-state index in [4.69, 9.17) is 25.8 Å². The van der Waals surface area contributed by atoms with Gasteiger partial charge in [-0.2, -0.15) is 0 Å². The highest BCUT2D eigenvalue weighted by Crippen LogP contribution is 2.34. The minimum absolute atomic E-state index is 0.0310. The normalized spacial score (nSPS) is 14.3. The second kappa shape index (κ2) is 11.3. The molecule has 1 saturated heterocycles. The molecule has 4 rings (SSSR count). The lowest BCUT2D eigenvalue weighted by molar-refractivity contribution is -0.133. The third-order valence-corrected chi connectivity index (χ3v) is 5.89. The van der Waals surface area contributed by atoms with Crippen LogP contribution >= 0.6 is 11.6 Å². The van der Waals surface area contributed by atoms with Gasteiger partial charge in [0.15, 0.2) is 18.2 Å². The summed E-state index contributed by atoms with van der Waals surface area (Å²) in [7, 11) is 1.59. The Hall–Kier alpha value is -3.17. The van der Waals surface area contributed by atoms with Crippen LogP contribution < -0.4 is 14.8 Å². The van der Waals surface area contributed by atoms with Crippen molar-refractivity contribution < 1.29 is 23.4 Å². The Labute approximate surface area is 202 Å². The van der Waals surface area contributed by atoms with Gasteiger partial charge in [0.05, 0.1) is 23.6 Å². The van der Waals surface area contributed by atoms with Crippen molar-refractivity contribution in [1.82, 2.24) is 14.9 Å². The van der Waals surface area contributed by atoms with E-state index in [1.165, 1.54) is 18.5 Å². The first kappa shape index (κ1) is 24.0. The molecule has 3 aromatic rings. The molecule has 1 aliphatic rings. The molecule has 34 heavy (non-hydrogen) atoms. The first-order valence-corrected chi connectivity index (χ1v) is 11.4. The number of nitrogens with one attached hydrogen (secondary N) is 1. The maximum atomic E-state index is 13.4. The summed E-state index contributed by atoms with van der Waals surface area (Å²) in [6.45, 7) is 1.80. The number of halogens is 2. The van der Waals surface area contributed by atoms with Gasteiger partial charge >= 0.3 is 0 Å². The van der Waals surface area contributed by atoms with Crippen molar-refractivity contribution in [3.05, 3.63) is 53.7 Å². The van der Waals surface area contributed by atoms with E-state index in [9.17, 15) is 9.18 Å². The Morgan fingerprint density at radius 2 is 2.06 bits per heavy atom. The number of methoxy groups -OCH3 is 1. The molecule has 180 valence electrons. The minimum atomic E-state index is -0.482. The number of benzene rings is 2. The van der Waals surface area contributed by atoms with Gasteiger partial charge in [0, 0.05) is 56.4 Å². The highest BCUT2D eigenvalue weighted by Gasteiger charge is 2.25. The number of piperidine rings is 1. The van der Waals surface area contributed by atoms with Crippen LogP contribution in [-0.4, -0.2) is 60.4 Å². The van der Waals surface area contributed by atoms with E-state index in [1.807, 2.05) is 11.0 Å². The van der Waals surface area contributed by atoms with Crippen LogP contribution in [-0.2, 0) is 9.53 Å². The number of rotatable bonds is 9. The zero-order valence-electron chi connectivity index (χ0n) is 18.8. The molecule has 0 atom stereocenters. The highest BCUT2D eigenvalue weighted by molar-refractivity contribution is 6.31. The Bertz CT molecular complexity index is 1140. The molecule has 0 spiro atoms. The zero-order valence-corrected chi connectivity index (χ0v) is 19.6. The fourth-order valence-corrected chi connectivity index (χ4v) is 3.93. The first-order chi connectivity index (χ1) is 16.5. The summed E-state index contributed by atoms with van der Waals surface area (Å²) in [4.78, 5) is 22.5. The van der Waals surface area contributed by atoms with E-state index in [2.05, 4.69) is 15.3 Å². The van der Waals surface area contributed by atoms with Crippen molar-refractivity contribution in [1.29, 1.82) is 0 Å². The quantitative estimate of drug-likeness (QED) is 0.450. The molecule has 0 bridgehead atoms. The summed E-state index contributed by atoms with van der Waals surface area (Å²) in [6, 6.07) is 8.02. The average molecular weight is 489 g/mol. The van der Waals surface area contributed by atoms with Gasteiger partial charge in [-0.3, -0.25) is 4.79 Å². The number of carbonyl (C=O) groups is 1. The number of aromatic nitrogens is 2. The van der Waals surface area contributed by atoms with Crippen molar-refractivity contribution in [3.63, 3.8) is 0 Å². The number of hydrogen-bond donors (Lipinski definition) is 1. The fraction of sp³-hybridized carbons (Fsp3) is 0.375. The van der Waals surface area contributed by atoms with E-state index < -0.39 is 5.82 Å². The molecule has 1 N–H and O–H groups in total. The zero-order chi connectivity index (χ0) is 23.9. The molecule has 0 radical (unpaired) electrons. The molecular formula is C24H26ClFN4O4. The van der Waals surface area contributed by atoms with Gasteiger partial charge < -0.3 is 24.4 Å². The number of fused-ring (bicyclic) bond motifs is 1. The molecular weight excluding hydrogens is 463 g/mol. The van der Waals surface area contributed by atoms with Crippen LogP contribution in [0.2, 0.25) is 5.02 Å². The Morgan fingerprint density at radius 1 is 1.24 bits per heavy atom. The lowest BCUT2D eigenvalue weighted by atomic mass is 10.1. The summed E-state index contributed by atoms with van der Waals surface area (Å²) in [5.74, 6) is 0.708. The molecule has 8 nitrogen and oxygen atoms in total. The molecule has 0 saturated carbocycles. The van der Waals surface area contributed by atoms with E-state index in [1.54, 1.807) is 25.4 Å². The number of nitrogens with zero attached hydrogens (tertiary/aromatic N) is 3. The SMILES string of the molecule is COCCC(=O)N1CCC(Oc2cc3cncnc3cc2OCNc2ccc(F)c(Cl)c2)CC1. The largest absolute Gasteiger partial charge is 0.486 e. The van der Waals surface area contributed by atoms with Crippen LogP contribution in [0.15, 0.2) is 42.9 Å². The standard InChI is InChI=1S/C24H26ClFN4O4/c1-32-9-6-24(31)30-7-4-18(5-8-30)34-23-10-16-13-27-14-28-21(16)12-22(23)33-15-29-17-2-3-20(26)19(25)11-17/h2-3,10-14,18,29H,4-9,15H2,1H3. The second-order valence-corrected chi connectivity index (χ2v) is 8.32. The van der Waals surface area contributed by atoms with Crippen molar-refractivity contribution in [2.75, 3.05) is 38.9 Å². The number of anilines is 1. The molecule has 1 fully saturated rings. The molecule has 2 aromatic carbocycles. The Balaban J connectivity index is 1.42. The Kier molecular flexibility index (Phi) is 7.97. The van der Waals surface area contributed by atoms with Crippen molar-refractivity contribution in [2.45, 2.75) is 25.4 Å². The summed E-state index contributed by atoms with van der Waals surface area (Å²) in [5, 5.41) is 3.92. The van der Waals surface area contributed by atoms with Gasteiger partial charge in [0.2, 0.25) is 5.91 Å². The minimum Gasteiger partial charge on any atom is -0.486 e. The van der Waals surface area contributed by atoms with Gasteiger partial charge in [-0.15, -0.1) is 0 Å². The van der Waals surface area contributed by atoms with Gasteiger partial charge in [0.25, 0.3) is 0 Å². The number of hydrogen-bond acceptors (Lipinski definition) is 7. The van der Waals surface area contributed by atoms with Crippen LogP contribution in [0.5, 0.6) is 11.5 Å². The molecule has 2 heterocycles. The first-order valence-electron chi connectivity index (χ1n) is 11.0. The van der Waals surface area contributed by atoms with Gasteiger partial charge in [-0.25, -0.2) is 14.4 Å². The van der Waals surface area contributed by atoms with Crippen LogP contribution in [0.4, 0.5) is 10.1 Å². The van der Waals surface area contributed by atoms with Gasteiger partial charge in [-0.05, 0) is 24.3 Å². The summed E-state index contributed by atoms with van der Waals surface area (Å²) in [5.41, 5.74) is 1.35.